The highest BCUT2D eigenvalue weighted by atomic mass is 32.2. The maximum atomic E-state index is 12.1. The zero-order chi connectivity index (χ0) is 13.0. The molecule has 0 spiro atoms. The Balaban J connectivity index is 1.91. The molecule has 1 aliphatic rings. The molecule has 98 valence electrons. The third-order valence-electron chi connectivity index (χ3n) is 2.57. The monoisotopic (exact) mass is 273 g/mol. The Morgan fingerprint density at radius 2 is 2.11 bits per heavy atom. The van der Waals surface area contributed by atoms with Crippen LogP contribution in [-0.4, -0.2) is 24.4 Å². The van der Waals surface area contributed by atoms with Crippen molar-refractivity contribution in [2.45, 2.75) is 29.6 Å². The largest absolute Gasteiger partial charge is 0.368 e. The summed E-state index contributed by atoms with van der Waals surface area (Å²) < 4.78 is 29.5. The number of carbonyl (C=O) groups excluding carboxylic acids is 1. The first kappa shape index (κ1) is 13.3. The minimum atomic E-state index is -2.43. The summed E-state index contributed by atoms with van der Waals surface area (Å²) >= 11 is 0.481. The van der Waals surface area contributed by atoms with Crippen molar-refractivity contribution in [2.24, 2.45) is 0 Å². The van der Waals surface area contributed by atoms with Gasteiger partial charge in [0, 0.05) is 17.2 Å². The average molecular weight is 273 g/mol. The van der Waals surface area contributed by atoms with Crippen molar-refractivity contribution < 1.29 is 18.3 Å². The molecule has 1 atom stereocenters. The molecule has 2 rings (SSSR count). The molecule has 1 saturated heterocycles. The van der Waals surface area contributed by atoms with Gasteiger partial charge in [-0.1, -0.05) is 11.8 Å². The lowest BCUT2D eigenvalue weighted by Crippen LogP contribution is -2.26. The third kappa shape index (κ3) is 3.68. The van der Waals surface area contributed by atoms with Crippen LogP contribution in [0.25, 0.3) is 0 Å². The van der Waals surface area contributed by atoms with Gasteiger partial charge in [0.25, 0.3) is 11.7 Å². The molecule has 0 radical (unpaired) electrons. The van der Waals surface area contributed by atoms with E-state index in [0.29, 0.717) is 29.0 Å². The second-order valence-corrected chi connectivity index (χ2v) is 4.96. The van der Waals surface area contributed by atoms with E-state index in [1.807, 2.05) is 0 Å². The Labute approximate surface area is 108 Å². The lowest BCUT2D eigenvalue weighted by Gasteiger charge is -2.10. The predicted molar refractivity (Wildman–Crippen MR) is 65.9 cm³/mol. The summed E-state index contributed by atoms with van der Waals surface area (Å²) in [6.45, 7) is 0.613. The van der Waals surface area contributed by atoms with Gasteiger partial charge >= 0.3 is 0 Å². The van der Waals surface area contributed by atoms with Gasteiger partial charge < -0.3 is 10.1 Å². The number of alkyl halides is 2. The highest BCUT2D eigenvalue weighted by Crippen LogP contribution is 2.26. The van der Waals surface area contributed by atoms with Crippen molar-refractivity contribution in [3.63, 3.8) is 0 Å². The van der Waals surface area contributed by atoms with E-state index in [1.54, 1.807) is 24.3 Å². The van der Waals surface area contributed by atoms with Crippen molar-refractivity contribution in [1.82, 2.24) is 0 Å². The number of nitrogens with one attached hydrogen (secondary N) is 1. The molecule has 1 aliphatic heterocycles. The van der Waals surface area contributed by atoms with E-state index in [1.165, 1.54) is 0 Å². The van der Waals surface area contributed by atoms with Crippen LogP contribution in [0.3, 0.4) is 0 Å². The number of hydrogen-bond acceptors (Lipinski definition) is 3. The molecule has 1 aromatic carbocycles. The van der Waals surface area contributed by atoms with Crippen LogP contribution in [-0.2, 0) is 9.53 Å². The molecular formula is C12H13F2NO2S. The molecule has 6 heteroatoms. The Bertz CT molecular complexity index is 405. The van der Waals surface area contributed by atoms with Crippen LogP contribution >= 0.6 is 11.8 Å². The number of amides is 1. The Hall–Kier alpha value is -1.14. The van der Waals surface area contributed by atoms with E-state index in [2.05, 4.69) is 5.32 Å². The lowest BCUT2D eigenvalue weighted by atomic mass is 10.2. The van der Waals surface area contributed by atoms with E-state index in [9.17, 15) is 13.6 Å². The summed E-state index contributed by atoms with van der Waals surface area (Å²) in [6, 6.07) is 6.33. The Morgan fingerprint density at radius 1 is 1.39 bits per heavy atom. The first-order chi connectivity index (χ1) is 8.65. The quantitative estimate of drug-likeness (QED) is 0.857. The van der Waals surface area contributed by atoms with Gasteiger partial charge in [0.05, 0.1) is 0 Å². The van der Waals surface area contributed by atoms with Gasteiger partial charge in [0.15, 0.2) is 0 Å². The van der Waals surface area contributed by atoms with Gasteiger partial charge in [-0.15, -0.1) is 0 Å². The molecule has 1 N–H and O–H groups in total. The Morgan fingerprint density at radius 3 is 2.67 bits per heavy atom. The first-order valence-corrected chi connectivity index (χ1v) is 6.50. The van der Waals surface area contributed by atoms with Crippen molar-refractivity contribution >= 4 is 23.4 Å². The van der Waals surface area contributed by atoms with Gasteiger partial charge in [0.1, 0.15) is 6.10 Å². The zero-order valence-electron chi connectivity index (χ0n) is 9.57. The number of thioether (sulfide) groups is 1. The fourth-order valence-electron chi connectivity index (χ4n) is 1.73. The second kappa shape index (κ2) is 6.15. The minimum Gasteiger partial charge on any atom is -0.368 e. The number of hydrogen-bond donors (Lipinski definition) is 1. The highest BCUT2D eigenvalue weighted by molar-refractivity contribution is 7.99. The third-order valence-corrected chi connectivity index (χ3v) is 3.29. The average Bonchev–Trinajstić information content (AvgIpc) is 2.84. The number of benzene rings is 1. The van der Waals surface area contributed by atoms with Gasteiger partial charge in [-0.25, -0.2) is 0 Å². The SMILES string of the molecule is O=C(Nc1ccc(SC(F)F)cc1)[C@@H]1CCCO1. The van der Waals surface area contributed by atoms with Crippen LogP contribution in [0.2, 0.25) is 0 Å². The number of rotatable bonds is 4. The minimum absolute atomic E-state index is 0.179. The van der Waals surface area contributed by atoms with Crippen LogP contribution in [0, 0.1) is 0 Å². The van der Waals surface area contributed by atoms with Crippen LogP contribution < -0.4 is 5.32 Å². The van der Waals surface area contributed by atoms with Crippen LogP contribution in [0.4, 0.5) is 14.5 Å². The molecule has 0 bridgehead atoms. The fraction of sp³-hybridized carbons (Fsp3) is 0.417. The normalized spacial score (nSPS) is 19.2. The standard InChI is InChI=1S/C12H13F2NO2S/c13-12(14)18-9-5-3-8(4-6-9)15-11(16)10-2-1-7-17-10/h3-6,10,12H,1-2,7H2,(H,15,16)/t10-/m0/s1. The summed E-state index contributed by atoms with van der Waals surface area (Å²) in [4.78, 5) is 12.2. The van der Waals surface area contributed by atoms with Gasteiger partial charge in [0.2, 0.25) is 0 Å². The molecule has 0 unspecified atom stereocenters. The van der Waals surface area contributed by atoms with Crippen molar-refractivity contribution in [3.8, 4) is 0 Å². The van der Waals surface area contributed by atoms with Crippen LogP contribution in [0.1, 0.15) is 12.8 Å². The molecule has 1 amide bonds. The van der Waals surface area contributed by atoms with E-state index in [0.717, 1.165) is 12.8 Å². The summed E-state index contributed by atoms with van der Waals surface area (Å²) in [6.07, 6.45) is 1.23. The van der Waals surface area contributed by atoms with Crippen molar-refractivity contribution in [2.75, 3.05) is 11.9 Å². The molecule has 0 aromatic heterocycles. The summed E-state index contributed by atoms with van der Waals surface area (Å²) in [5.41, 5.74) is 0.592. The number of carbonyl (C=O) groups is 1. The van der Waals surface area contributed by atoms with Crippen molar-refractivity contribution in [3.05, 3.63) is 24.3 Å². The summed E-state index contributed by atoms with van der Waals surface area (Å²) in [5, 5.41) is 2.70. The molecule has 1 aromatic rings. The number of ether oxygens (including phenoxy) is 1. The van der Waals surface area contributed by atoms with E-state index in [4.69, 9.17) is 4.74 Å². The smallest absolute Gasteiger partial charge is 0.288 e. The molecular weight excluding hydrogens is 260 g/mol. The molecule has 0 aliphatic carbocycles. The highest BCUT2D eigenvalue weighted by Gasteiger charge is 2.23. The number of anilines is 1. The van der Waals surface area contributed by atoms with Crippen LogP contribution in [0.5, 0.6) is 0 Å². The van der Waals surface area contributed by atoms with E-state index in [-0.39, 0.29) is 12.0 Å². The molecule has 18 heavy (non-hydrogen) atoms. The van der Waals surface area contributed by atoms with Gasteiger partial charge in [-0.2, -0.15) is 8.78 Å². The molecule has 1 heterocycles. The van der Waals surface area contributed by atoms with Crippen molar-refractivity contribution in [1.29, 1.82) is 0 Å². The Kier molecular flexibility index (Phi) is 4.54. The second-order valence-electron chi connectivity index (χ2n) is 3.89. The fourth-order valence-corrected chi connectivity index (χ4v) is 2.23. The van der Waals surface area contributed by atoms with Gasteiger partial charge in [-0.05, 0) is 37.1 Å². The zero-order valence-corrected chi connectivity index (χ0v) is 10.4. The van der Waals surface area contributed by atoms with E-state index < -0.39 is 5.76 Å². The molecule has 0 saturated carbocycles. The van der Waals surface area contributed by atoms with Crippen LogP contribution in [0.15, 0.2) is 29.2 Å². The maximum absolute atomic E-state index is 12.1. The topological polar surface area (TPSA) is 38.3 Å². The molecule has 3 nitrogen and oxygen atoms in total. The number of halogens is 2. The van der Waals surface area contributed by atoms with Gasteiger partial charge in [-0.3, -0.25) is 4.79 Å². The first-order valence-electron chi connectivity index (χ1n) is 5.62. The molecule has 1 fully saturated rings. The maximum Gasteiger partial charge on any atom is 0.288 e. The summed E-state index contributed by atoms with van der Waals surface area (Å²) in [7, 11) is 0. The lowest BCUT2D eigenvalue weighted by molar-refractivity contribution is -0.124. The van der Waals surface area contributed by atoms with E-state index >= 15 is 0 Å². The summed E-state index contributed by atoms with van der Waals surface area (Å²) in [5.74, 6) is -2.61. The predicted octanol–water partition coefficient (Wildman–Crippen LogP) is 3.12.